The van der Waals surface area contributed by atoms with E-state index in [-0.39, 0.29) is 30.1 Å². The highest BCUT2D eigenvalue weighted by atomic mass is 16.5. The average Bonchev–Trinajstić information content (AvgIpc) is 3.33. The molecule has 3 amide bonds. The van der Waals surface area contributed by atoms with E-state index in [2.05, 4.69) is 0 Å². The lowest BCUT2D eigenvalue weighted by atomic mass is 9.51. The summed E-state index contributed by atoms with van der Waals surface area (Å²) >= 11 is 0. The van der Waals surface area contributed by atoms with E-state index >= 15 is 0 Å². The van der Waals surface area contributed by atoms with Gasteiger partial charge in [-0.2, -0.15) is 0 Å². The Bertz CT molecular complexity index is 848. The van der Waals surface area contributed by atoms with E-state index in [0.717, 1.165) is 25.7 Å². The summed E-state index contributed by atoms with van der Waals surface area (Å²) in [7, 11) is 1.57. The van der Waals surface area contributed by atoms with Crippen LogP contribution in [0.3, 0.4) is 0 Å². The molecule has 0 radical (unpaired) electrons. The van der Waals surface area contributed by atoms with Gasteiger partial charge in [-0.05, 0) is 67.1 Å². The Labute approximate surface area is 164 Å². The largest absolute Gasteiger partial charge is 0.497 e. The number of carbonyl (C=O) groups is 3. The summed E-state index contributed by atoms with van der Waals surface area (Å²) in [5.74, 6) is -1.08. The van der Waals surface area contributed by atoms with Crippen LogP contribution in [0, 0.1) is 22.7 Å². The van der Waals surface area contributed by atoms with Gasteiger partial charge in [0.05, 0.1) is 17.9 Å². The molecule has 1 aromatic carbocycles. The first-order valence-corrected chi connectivity index (χ1v) is 9.80. The molecular formula is C21H27N3O4. The Kier molecular flexibility index (Phi) is 4.00. The summed E-state index contributed by atoms with van der Waals surface area (Å²) < 4.78 is 5.25. The van der Waals surface area contributed by atoms with Gasteiger partial charge in [0.25, 0.3) is 0 Å². The second kappa shape index (κ2) is 5.96. The summed E-state index contributed by atoms with van der Waals surface area (Å²) in [6, 6.07) is 7.15. The van der Waals surface area contributed by atoms with Crippen molar-refractivity contribution in [3.63, 3.8) is 0 Å². The Hall–Kier alpha value is -2.57. The maximum atomic E-state index is 13.2. The van der Waals surface area contributed by atoms with E-state index < -0.39 is 28.6 Å². The third kappa shape index (κ3) is 2.02. The lowest BCUT2D eigenvalue weighted by molar-refractivity contribution is -0.148. The van der Waals surface area contributed by atoms with Gasteiger partial charge in [-0.25, -0.2) is 0 Å². The molecule has 3 aliphatic carbocycles. The average molecular weight is 385 g/mol. The van der Waals surface area contributed by atoms with E-state index in [1.165, 1.54) is 0 Å². The smallest absolute Gasteiger partial charge is 0.229 e. The van der Waals surface area contributed by atoms with Crippen molar-refractivity contribution in [3.05, 3.63) is 29.8 Å². The third-order valence-corrected chi connectivity index (χ3v) is 7.92. The van der Waals surface area contributed by atoms with Crippen molar-refractivity contribution >= 4 is 17.7 Å². The van der Waals surface area contributed by atoms with Crippen molar-refractivity contribution in [1.82, 2.24) is 0 Å². The molecule has 4 atom stereocenters. The number of ether oxygens (including phenoxy) is 1. The fourth-order valence-corrected chi connectivity index (χ4v) is 6.99. The number of rotatable bonds is 7. The summed E-state index contributed by atoms with van der Waals surface area (Å²) in [6.07, 6.45) is 3.70. The van der Waals surface area contributed by atoms with Gasteiger partial charge in [-0.1, -0.05) is 12.1 Å². The van der Waals surface area contributed by atoms with Gasteiger partial charge in [-0.15, -0.1) is 0 Å². The van der Waals surface area contributed by atoms with Crippen LogP contribution in [0.5, 0.6) is 5.75 Å². The number of carbonyl (C=O) groups excluding carboxylic acids is 3. The molecule has 3 saturated carbocycles. The second-order valence-electron chi connectivity index (χ2n) is 8.62. The van der Waals surface area contributed by atoms with Crippen LogP contribution in [0.15, 0.2) is 24.3 Å². The van der Waals surface area contributed by atoms with Crippen molar-refractivity contribution < 1.29 is 19.1 Å². The lowest BCUT2D eigenvalue weighted by Crippen LogP contribution is -2.63. The van der Waals surface area contributed by atoms with E-state index in [0.29, 0.717) is 11.3 Å². The zero-order chi connectivity index (χ0) is 20.3. The monoisotopic (exact) mass is 385 g/mol. The summed E-state index contributed by atoms with van der Waals surface area (Å²) in [4.78, 5) is 38.0. The first-order chi connectivity index (χ1) is 13.3. The van der Waals surface area contributed by atoms with Crippen LogP contribution in [0.2, 0.25) is 0 Å². The molecule has 3 fully saturated rings. The number of primary amides is 3. The Morgan fingerprint density at radius 2 is 1.61 bits per heavy atom. The first kappa shape index (κ1) is 18.8. The molecule has 7 heteroatoms. The minimum Gasteiger partial charge on any atom is -0.497 e. The summed E-state index contributed by atoms with van der Waals surface area (Å²) in [5.41, 5.74) is 15.7. The van der Waals surface area contributed by atoms with Crippen molar-refractivity contribution in [3.8, 4) is 5.75 Å². The number of benzene rings is 1. The van der Waals surface area contributed by atoms with Gasteiger partial charge >= 0.3 is 0 Å². The van der Waals surface area contributed by atoms with Crippen molar-refractivity contribution in [2.45, 2.75) is 43.9 Å². The molecule has 0 saturated heterocycles. The normalized spacial score (nSPS) is 34.3. The van der Waals surface area contributed by atoms with Gasteiger partial charge in [-0.3, -0.25) is 14.4 Å². The first-order valence-electron chi connectivity index (χ1n) is 9.80. The molecule has 1 aromatic rings. The van der Waals surface area contributed by atoms with E-state index in [1.54, 1.807) is 19.2 Å². The molecule has 0 aromatic heterocycles. The SMILES string of the molecule is COc1ccc([C@]2(C(N)=O)[C@H]3CC[C@H](C34CC4)[C@@]2(CCC(N)=O)C(N)=O)cc1. The van der Waals surface area contributed by atoms with Crippen LogP contribution < -0.4 is 21.9 Å². The zero-order valence-corrected chi connectivity index (χ0v) is 16.1. The highest BCUT2D eigenvalue weighted by Crippen LogP contribution is 2.82. The Balaban J connectivity index is 1.98. The van der Waals surface area contributed by atoms with Crippen molar-refractivity contribution in [2.24, 2.45) is 39.9 Å². The molecule has 7 nitrogen and oxygen atoms in total. The molecule has 4 rings (SSSR count). The standard InChI is InChI=1S/C21H27N3O4/c1-28-13-4-2-12(3-5-13)21(18(24)27)15-7-6-14(19(15)10-11-19)20(21,17(23)26)9-8-16(22)25/h2-5,14-15H,6-11H2,1H3,(H2,22,25)(H2,23,26)(H2,24,27)/t14-,15+,20+,21-/m1/s1. The van der Waals surface area contributed by atoms with Crippen LogP contribution in [-0.2, 0) is 19.8 Å². The summed E-state index contributed by atoms with van der Waals surface area (Å²) in [5, 5.41) is 0. The van der Waals surface area contributed by atoms with Crippen LogP contribution >= 0.6 is 0 Å². The van der Waals surface area contributed by atoms with Crippen LogP contribution in [0.4, 0.5) is 0 Å². The fraction of sp³-hybridized carbons (Fsp3) is 0.571. The predicted molar refractivity (Wildman–Crippen MR) is 102 cm³/mol. The van der Waals surface area contributed by atoms with Crippen molar-refractivity contribution in [2.75, 3.05) is 7.11 Å². The topological polar surface area (TPSA) is 138 Å². The number of hydrogen-bond acceptors (Lipinski definition) is 4. The minimum absolute atomic E-state index is 0.00652. The van der Waals surface area contributed by atoms with E-state index in [9.17, 15) is 14.4 Å². The molecule has 0 aliphatic heterocycles. The maximum absolute atomic E-state index is 13.2. The Morgan fingerprint density at radius 1 is 1.00 bits per heavy atom. The number of amides is 3. The van der Waals surface area contributed by atoms with Gasteiger partial charge in [0.15, 0.2) is 0 Å². The Morgan fingerprint density at radius 3 is 2.07 bits per heavy atom. The van der Waals surface area contributed by atoms with Crippen molar-refractivity contribution in [1.29, 1.82) is 0 Å². The molecule has 0 unspecified atom stereocenters. The van der Waals surface area contributed by atoms with E-state index in [1.807, 2.05) is 12.1 Å². The fourth-order valence-electron chi connectivity index (χ4n) is 6.99. The van der Waals surface area contributed by atoms with Gasteiger partial charge in [0, 0.05) is 6.42 Å². The van der Waals surface area contributed by atoms with Crippen LogP contribution in [0.25, 0.3) is 0 Å². The van der Waals surface area contributed by atoms with Crippen LogP contribution in [0.1, 0.15) is 44.1 Å². The third-order valence-electron chi connectivity index (χ3n) is 7.92. The molecular weight excluding hydrogens is 358 g/mol. The molecule has 6 N–H and O–H groups in total. The maximum Gasteiger partial charge on any atom is 0.229 e. The second-order valence-corrected chi connectivity index (χ2v) is 8.62. The van der Waals surface area contributed by atoms with Gasteiger partial charge in [0.1, 0.15) is 5.75 Å². The quantitative estimate of drug-likeness (QED) is 0.644. The predicted octanol–water partition coefficient (Wildman–Crippen LogP) is 0.976. The molecule has 150 valence electrons. The number of methoxy groups -OCH3 is 1. The molecule has 1 spiro atoms. The highest BCUT2D eigenvalue weighted by Gasteiger charge is 2.83. The number of hydrogen-bond donors (Lipinski definition) is 3. The molecule has 0 heterocycles. The molecule has 3 aliphatic rings. The van der Waals surface area contributed by atoms with Gasteiger partial charge in [0.2, 0.25) is 17.7 Å². The molecule has 28 heavy (non-hydrogen) atoms. The minimum atomic E-state index is -1.24. The number of nitrogens with two attached hydrogens (primary N) is 3. The van der Waals surface area contributed by atoms with Crippen LogP contribution in [-0.4, -0.2) is 24.8 Å². The molecule has 2 bridgehead atoms. The zero-order valence-electron chi connectivity index (χ0n) is 16.1. The summed E-state index contributed by atoms with van der Waals surface area (Å²) in [6.45, 7) is 0. The lowest BCUT2D eigenvalue weighted by Gasteiger charge is -2.50. The highest BCUT2D eigenvalue weighted by molar-refractivity contribution is 5.99. The van der Waals surface area contributed by atoms with E-state index in [4.69, 9.17) is 21.9 Å². The van der Waals surface area contributed by atoms with Gasteiger partial charge < -0.3 is 21.9 Å².